The Labute approximate surface area is 127 Å². The van der Waals surface area contributed by atoms with Crippen molar-refractivity contribution in [2.75, 3.05) is 12.4 Å². The monoisotopic (exact) mass is 295 g/mol. The van der Waals surface area contributed by atoms with E-state index in [4.69, 9.17) is 4.74 Å². The second-order valence-corrected chi connectivity index (χ2v) is 4.64. The lowest BCUT2D eigenvalue weighted by Gasteiger charge is -2.07. The summed E-state index contributed by atoms with van der Waals surface area (Å²) in [4.78, 5) is 8.49. The predicted molar refractivity (Wildman–Crippen MR) is 83.7 cm³/mol. The molecular weight excluding hydrogens is 281 g/mol. The average molecular weight is 295 g/mol. The highest BCUT2D eigenvalue weighted by atomic mass is 19.1. The van der Waals surface area contributed by atoms with E-state index in [9.17, 15) is 4.39 Å². The van der Waals surface area contributed by atoms with Gasteiger partial charge in [-0.1, -0.05) is 24.3 Å². The van der Waals surface area contributed by atoms with Gasteiger partial charge in [0.1, 0.15) is 0 Å². The smallest absolute Gasteiger partial charge is 0.227 e. The highest BCUT2D eigenvalue weighted by molar-refractivity contribution is 5.64. The van der Waals surface area contributed by atoms with Crippen molar-refractivity contribution >= 4 is 11.6 Å². The number of ether oxygens (including phenoxy) is 1. The molecule has 0 aliphatic carbocycles. The normalized spacial score (nSPS) is 10.3. The largest absolute Gasteiger partial charge is 0.494 e. The second kappa shape index (κ2) is 6.22. The van der Waals surface area contributed by atoms with Crippen LogP contribution in [0.1, 0.15) is 0 Å². The summed E-state index contributed by atoms with van der Waals surface area (Å²) >= 11 is 0. The molecule has 5 heteroatoms. The van der Waals surface area contributed by atoms with Gasteiger partial charge in [-0.05, 0) is 29.8 Å². The zero-order valence-corrected chi connectivity index (χ0v) is 12.0. The Morgan fingerprint density at radius 3 is 2.32 bits per heavy atom. The molecule has 4 nitrogen and oxygen atoms in total. The first-order valence-corrected chi connectivity index (χ1v) is 6.74. The molecule has 0 saturated heterocycles. The summed E-state index contributed by atoms with van der Waals surface area (Å²) in [7, 11) is 1.44. The molecule has 0 atom stereocenters. The molecular formula is C17H14FN3O. The first kappa shape index (κ1) is 14.0. The number of para-hydroxylation sites is 1. The lowest BCUT2D eigenvalue weighted by atomic mass is 10.1. The molecule has 2 aromatic carbocycles. The van der Waals surface area contributed by atoms with Crippen LogP contribution in [-0.2, 0) is 0 Å². The number of benzene rings is 2. The molecule has 3 aromatic rings. The van der Waals surface area contributed by atoms with Gasteiger partial charge in [-0.3, -0.25) is 0 Å². The van der Waals surface area contributed by atoms with E-state index in [0.717, 1.165) is 11.3 Å². The van der Waals surface area contributed by atoms with E-state index >= 15 is 0 Å². The third kappa shape index (κ3) is 3.03. The summed E-state index contributed by atoms with van der Waals surface area (Å²) in [5, 5.41) is 3.10. The number of rotatable bonds is 4. The standard InChI is InChI=1S/C17H14FN3O/c1-22-16-8-7-12(9-15(16)18)13-10-19-17(20-11-13)21-14-5-3-2-4-6-14/h2-11H,1H3,(H,19,20,21). The van der Waals surface area contributed by atoms with E-state index < -0.39 is 5.82 Å². The van der Waals surface area contributed by atoms with Crippen LogP contribution in [0.2, 0.25) is 0 Å². The van der Waals surface area contributed by atoms with Crippen LogP contribution < -0.4 is 10.1 Å². The predicted octanol–water partition coefficient (Wildman–Crippen LogP) is 4.03. The van der Waals surface area contributed by atoms with E-state index in [-0.39, 0.29) is 5.75 Å². The number of methoxy groups -OCH3 is 1. The fourth-order valence-electron chi connectivity index (χ4n) is 2.04. The molecule has 0 fully saturated rings. The zero-order valence-electron chi connectivity index (χ0n) is 12.0. The minimum Gasteiger partial charge on any atom is -0.494 e. The molecule has 3 rings (SSSR count). The van der Waals surface area contributed by atoms with E-state index in [0.29, 0.717) is 11.5 Å². The first-order valence-electron chi connectivity index (χ1n) is 6.74. The van der Waals surface area contributed by atoms with Crippen LogP contribution in [0, 0.1) is 5.82 Å². The third-order valence-electron chi connectivity index (χ3n) is 3.17. The Balaban J connectivity index is 1.81. The van der Waals surface area contributed by atoms with Crippen molar-refractivity contribution in [2.45, 2.75) is 0 Å². The maximum atomic E-state index is 13.7. The summed E-state index contributed by atoms with van der Waals surface area (Å²) in [6, 6.07) is 14.4. The minimum atomic E-state index is -0.411. The molecule has 0 saturated carbocycles. The van der Waals surface area contributed by atoms with Crippen molar-refractivity contribution in [3.05, 3.63) is 66.7 Å². The molecule has 1 heterocycles. The Hall–Kier alpha value is -2.95. The van der Waals surface area contributed by atoms with Gasteiger partial charge in [0.15, 0.2) is 11.6 Å². The Morgan fingerprint density at radius 1 is 0.955 bits per heavy atom. The molecule has 1 aromatic heterocycles. The van der Waals surface area contributed by atoms with Gasteiger partial charge in [0.05, 0.1) is 7.11 Å². The van der Waals surface area contributed by atoms with Crippen molar-refractivity contribution in [1.82, 2.24) is 9.97 Å². The average Bonchev–Trinajstić information content (AvgIpc) is 2.56. The maximum absolute atomic E-state index is 13.7. The van der Waals surface area contributed by atoms with Crippen LogP contribution in [0.5, 0.6) is 5.75 Å². The van der Waals surface area contributed by atoms with Crippen LogP contribution in [0.25, 0.3) is 11.1 Å². The van der Waals surface area contributed by atoms with E-state index in [1.165, 1.54) is 13.2 Å². The summed E-state index contributed by atoms with van der Waals surface area (Å²) in [5.74, 6) is 0.294. The second-order valence-electron chi connectivity index (χ2n) is 4.64. The molecule has 0 radical (unpaired) electrons. The van der Waals surface area contributed by atoms with Crippen LogP contribution in [0.4, 0.5) is 16.0 Å². The van der Waals surface area contributed by atoms with Gasteiger partial charge in [-0.25, -0.2) is 14.4 Å². The number of nitrogens with one attached hydrogen (secondary N) is 1. The number of halogens is 1. The highest BCUT2D eigenvalue weighted by Crippen LogP contribution is 2.25. The summed E-state index contributed by atoms with van der Waals surface area (Å²) < 4.78 is 18.6. The van der Waals surface area contributed by atoms with Crippen molar-refractivity contribution in [2.24, 2.45) is 0 Å². The van der Waals surface area contributed by atoms with Gasteiger partial charge in [-0.15, -0.1) is 0 Å². The topological polar surface area (TPSA) is 47.0 Å². The van der Waals surface area contributed by atoms with Crippen molar-refractivity contribution < 1.29 is 9.13 Å². The fourth-order valence-corrected chi connectivity index (χ4v) is 2.04. The molecule has 22 heavy (non-hydrogen) atoms. The summed E-state index contributed by atoms with van der Waals surface area (Å²) in [6.07, 6.45) is 3.30. The Kier molecular flexibility index (Phi) is 3.96. The fraction of sp³-hybridized carbons (Fsp3) is 0.0588. The number of anilines is 2. The number of nitrogens with zero attached hydrogens (tertiary/aromatic N) is 2. The Morgan fingerprint density at radius 2 is 1.68 bits per heavy atom. The lowest BCUT2D eigenvalue weighted by Crippen LogP contribution is -1.96. The molecule has 0 spiro atoms. The molecule has 0 aliphatic rings. The van der Waals surface area contributed by atoms with Crippen molar-refractivity contribution in [3.63, 3.8) is 0 Å². The van der Waals surface area contributed by atoms with Crippen LogP contribution in [0.3, 0.4) is 0 Å². The van der Waals surface area contributed by atoms with Crippen molar-refractivity contribution in [3.8, 4) is 16.9 Å². The SMILES string of the molecule is COc1ccc(-c2cnc(Nc3ccccc3)nc2)cc1F. The highest BCUT2D eigenvalue weighted by Gasteiger charge is 2.06. The number of aromatic nitrogens is 2. The van der Waals surface area contributed by atoms with Gasteiger partial charge in [0, 0.05) is 23.6 Å². The van der Waals surface area contributed by atoms with Gasteiger partial charge in [0.2, 0.25) is 5.95 Å². The Bertz CT molecular complexity index is 761. The summed E-state index contributed by atoms with van der Waals surface area (Å²) in [6.45, 7) is 0. The van der Waals surface area contributed by atoms with E-state index in [1.807, 2.05) is 30.3 Å². The quantitative estimate of drug-likeness (QED) is 0.789. The van der Waals surface area contributed by atoms with Crippen LogP contribution >= 0.6 is 0 Å². The summed E-state index contributed by atoms with van der Waals surface area (Å²) in [5.41, 5.74) is 2.34. The molecule has 110 valence electrons. The van der Waals surface area contributed by atoms with Crippen LogP contribution in [-0.4, -0.2) is 17.1 Å². The van der Waals surface area contributed by atoms with Crippen LogP contribution in [0.15, 0.2) is 60.9 Å². The van der Waals surface area contributed by atoms with Gasteiger partial charge in [-0.2, -0.15) is 0 Å². The third-order valence-corrected chi connectivity index (χ3v) is 3.17. The zero-order chi connectivity index (χ0) is 15.4. The van der Waals surface area contributed by atoms with Gasteiger partial charge >= 0.3 is 0 Å². The maximum Gasteiger partial charge on any atom is 0.227 e. The first-order chi connectivity index (χ1) is 10.8. The molecule has 0 amide bonds. The van der Waals surface area contributed by atoms with E-state index in [1.54, 1.807) is 24.5 Å². The molecule has 0 bridgehead atoms. The molecule has 1 N–H and O–H groups in total. The van der Waals surface area contributed by atoms with Gasteiger partial charge < -0.3 is 10.1 Å². The number of hydrogen-bond donors (Lipinski definition) is 1. The number of hydrogen-bond acceptors (Lipinski definition) is 4. The molecule has 0 unspecified atom stereocenters. The molecule has 0 aliphatic heterocycles. The van der Waals surface area contributed by atoms with Gasteiger partial charge in [0.25, 0.3) is 0 Å². The minimum absolute atomic E-state index is 0.215. The van der Waals surface area contributed by atoms with E-state index in [2.05, 4.69) is 15.3 Å². The lowest BCUT2D eigenvalue weighted by molar-refractivity contribution is 0.386. The van der Waals surface area contributed by atoms with Crippen molar-refractivity contribution in [1.29, 1.82) is 0 Å².